The Morgan fingerprint density at radius 2 is 0.915 bits per heavy atom. The van der Waals surface area contributed by atoms with Crippen LogP contribution in [0.5, 0.6) is 0 Å². The molecular weight excluding hydrogens is 727 g/mol. The van der Waals surface area contributed by atoms with Crippen LogP contribution in [-0.4, -0.2) is 8.07 Å². The molecule has 0 aliphatic heterocycles. The van der Waals surface area contributed by atoms with E-state index in [1.54, 1.807) is 0 Å². The molecule has 0 amide bonds. The van der Waals surface area contributed by atoms with Gasteiger partial charge in [-0.1, -0.05) is 203 Å². The zero-order valence-corrected chi connectivity index (χ0v) is 35.2. The van der Waals surface area contributed by atoms with E-state index in [-0.39, 0.29) is 5.41 Å². The summed E-state index contributed by atoms with van der Waals surface area (Å²) >= 11 is 0. The first-order chi connectivity index (χ1) is 29.0. The highest BCUT2D eigenvalue weighted by atomic mass is 28.3. The van der Waals surface area contributed by atoms with Crippen LogP contribution in [-0.2, 0) is 5.41 Å². The average molecular weight is 778 g/mol. The lowest BCUT2D eigenvalue weighted by molar-refractivity contribution is 0.443. The molecular formula is C57H51NSi. The molecule has 8 aromatic carbocycles. The van der Waals surface area contributed by atoms with E-state index in [0.29, 0.717) is 5.92 Å². The lowest BCUT2D eigenvalue weighted by Gasteiger charge is -2.35. The normalized spacial score (nSPS) is 14.7. The van der Waals surface area contributed by atoms with Gasteiger partial charge in [0.15, 0.2) is 8.07 Å². The van der Waals surface area contributed by atoms with Crippen molar-refractivity contribution in [3.05, 3.63) is 223 Å². The van der Waals surface area contributed by atoms with E-state index >= 15 is 0 Å². The van der Waals surface area contributed by atoms with Gasteiger partial charge in [0.25, 0.3) is 0 Å². The minimum absolute atomic E-state index is 0.155. The summed E-state index contributed by atoms with van der Waals surface area (Å²) in [6, 6.07) is 77.8. The molecule has 0 unspecified atom stereocenters. The van der Waals surface area contributed by atoms with Gasteiger partial charge in [-0.05, 0) is 115 Å². The summed E-state index contributed by atoms with van der Waals surface area (Å²) in [6.45, 7) is 4.80. The summed E-state index contributed by atoms with van der Waals surface area (Å²) in [5, 5.41) is 5.53. The molecule has 8 aromatic rings. The Morgan fingerprint density at radius 1 is 0.424 bits per heavy atom. The molecule has 0 radical (unpaired) electrons. The van der Waals surface area contributed by atoms with Crippen molar-refractivity contribution < 1.29 is 0 Å². The van der Waals surface area contributed by atoms with Crippen LogP contribution in [0.4, 0.5) is 17.1 Å². The van der Waals surface area contributed by atoms with Crippen LogP contribution in [0.25, 0.3) is 22.3 Å². The lowest BCUT2D eigenvalue weighted by Crippen LogP contribution is -2.74. The van der Waals surface area contributed by atoms with Crippen molar-refractivity contribution in [2.24, 2.45) is 0 Å². The van der Waals surface area contributed by atoms with Gasteiger partial charge in [-0.25, -0.2) is 0 Å². The molecule has 0 bridgehead atoms. The minimum atomic E-state index is -2.66. The second kappa shape index (κ2) is 15.5. The predicted octanol–water partition coefficient (Wildman–Crippen LogP) is 12.6. The number of fused-ring (bicyclic) bond motifs is 3. The average Bonchev–Trinajstić information content (AvgIpc) is 3.54. The Bertz CT molecular complexity index is 2580. The molecule has 0 aromatic heterocycles. The number of hydrogen-bond donors (Lipinski definition) is 0. The Morgan fingerprint density at radius 3 is 1.47 bits per heavy atom. The summed E-state index contributed by atoms with van der Waals surface area (Å²) < 4.78 is 0. The van der Waals surface area contributed by atoms with Crippen LogP contribution < -0.4 is 25.6 Å². The Hall–Kier alpha value is -6.22. The minimum Gasteiger partial charge on any atom is -0.310 e. The van der Waals surface area contributed by atoms with Crippen LogP contribution in [0, 0.1) is 0 Å². The summed E-state index contributed by atoms with van der Waals surface area (Å²) in [4.78, 5) is 2.49. The molecule has 2 aliphatic rings. The number of rotatable bonds is 9. The third-order valence-corrected chi connectivity index (χ3v) is 18.2. The smallest absolute Gasteiger partial charge is 0.179 e. The third-order valence-electron chi connectivity index (χ3n) is 13.4. The van der Waals surface area contributed by atoms with Gasteiger partial charge in [0.2, 0.25) is 0 Å². The van der Waals surface area contributed by atoms with Crippen molar-refractivity contribution in [3.8, 4) is 22.3 Å². The second-order valence-electron chi connectivity index (χ2n) is 17.1. The van der Waals surface area contributed by atoms with Crippen molar-refractivity contribution in [2.75, 3.05) is 4.90 Å². The van der Waals surface area contributed by atoms with Gasteiger partial charge in [0.05, 0.1) is 0 Å². The maximum Gasteiger partial charge on any atom is 0.179 e. The van der Waals surface area contributed by atoms with Crippen molar-refractivity contribution >= 4 is 45.9 Å². The van der Waals surface area contributed by atoms with Crippen LogP contribution in [0.15, 0.2) is 206 Å². The number of anilines is 3. The monoisotopic (exact) mass is 777 g/mol. The van der Waals surface area contributed by atoms with Crippen molar-refractivity contribution in [2.45, 2.75) is 57.3 Å². The molecule has 10 rings (SSSR count). The van der Waals surface area contributed by atoms with Gasteiger partial charge >= 0.3 is 0 Å². The van der Waals surface area contributed by atoms with E-state index in [1.807, 2.05) is 0 Å². The van der Waals surface area contributed by atoms with Gasteiger partial charge in [-0.15, -0.1) is 0 Å². The van der Waals surface area contributed by atoms with E-state index in [1.165, 1.54) is 103 Å². The summed E-state index contributed by atoms with van der Waals surface area (Å²) in [5.74, 6) is 0.663. The zero-order chi connectivity index (χ0) is 39.8. The molecule has 0 atom stereocenters. The summed E-state index contributed by atoms with van der Waals surface area (Å²) in [5.41, 5.74) is 12.9. The lowest BCUT2D eigenvalue weighted by atomic mass is 9.81. The molecule has 1 fully saturated rings. The van der Waals surface area contributed by atoms with Crippen molar-refractivity contribution in [3.63, 3.8) is 0 Å². The fraction of sp³-hybridized carbons (Fsp3) is 0.158. The van der Waals surface area contributed by atoms with Gasteiger partial charge in [-0.3, -0.25) is 0 Å². The summed E-state index contributed by atoms with van der Waals surface area (Å²) in [7, 11) is -2.66. The molecule has 288 valence electrons. The molecule has 1 nitrogen and oxygen atoms in total. The highest BCUT2D eigenvalue weighted by Crippen LogP contribution is 2.53. The van der Waals surface area contributed by atoms with E-state index in [9.17, 15) is 0 Å². The van der Waals surface area contributed by atoms with E-state index < -0.39 is 8.07 Å². The Labute approximate surface area is 351 Å². The third kappa shape index (κ3) is 6.47. The summed E-state index contributed by atoms with van der Waals surface area (Å²) in [6.07, 6.45) is 6.64. The molecule has 1 saturated carbocycles. The molecule has 0 N–H and O–H groups in total. The molecule has 0 spiro atoms. The van der Waals surface area contributed by atoms with E-state index in [2.05, 4.69) is 225 Å². The van der Waals surface area contributed by atoms with Gasteiger partial charge in [-0.2, -0.15) is 0 Å². The largest absolute Gasteiger partial charge is 0.310 e. The first-order valence-electron chi connectivity index (χ1n) is 21.5. The van der Waals surface area contributed by atoms with Gasteiger partial charge in [0, 0.05) is 22.5 Å². The maximum absolute atomic E-state index is 2.66. The first kappa shape index (κ1) is 37.1. The van der Waals surface area contributed by atoms with Crippen LogP contribution >= 0.6 is 0 Å². The van der Waals surface area contributed by atoms with Crippen LogP contribution in [0.3, 0.4) is 0 Å². The maximum atomic E-state index is 2.49. The number of benzene rings is 8. The highest BCUT2D eigenvalue weighted by molar-refractivity contribution is 7.19. The number of hydrogen-bond acceptors (Lipinski definition) is 1. The van der Waals surface area contributed by atoms with Gasteiger partial charge in [0.1, 0.15) is 0 Å². The van der Waals surface area contributed by atoms with Crippen LogP contribution in [0.1, 0.15) is 68.6 Å². The number of nitrogens with zero attached hydrogens (tertiary/aromatic N) is 1. The zero-order valence-electron chi connectivity index (χ0n) is 34.2. The molecule has 0 saturated heterocycles. The highest BCUT2D eigenvalue weighted by Gasteiger charge is 2.42. The fourth-order valence-electron chi connectivity index (χ4n) is 10.5. The van der Waals surface area contributed by atoms with Crippen LogP contribution in [0.2, 0.25) is 0 Å². The molecule has 2 heteroatoms. The first-order valence-corrected chi connectivity index (χ1v) is 23.5. The molecule has 59 heavy (non-hydrogen) atoms. The SMILES string of the molecule is CC1(C)c2cc(N(c3ccc(C4CCCCC4)cc3)c3ccc([Si](c4ccccc4)(c4ccccc4)c4ccccc4)cc3)ccc2-c2c(-c3ccccc3)cccc21. The fourth-order valence-corrected chi connectivity index (χ4v) is 15.2. The Balaban J connectivity index is 1.13. The second-order valence-corrected chi connectivity index (χ2v) is 20.9. The van der Waals surface area contributed by atoms with Gasteiger partial charge < -0.3 is 4.90 Å². The van der Waals surface area contributed by atoms with Crippen molar-refractivity contribution in [1.82, 2.24) is 0 Å². The Kier molecular flexibility index (Phi) is 9.75. The molecule has 0 heterocycles. The standard InChI is InChI=1S/C57H51NSi/c1-57(2)54-30-18-29-52(44-21-10-4-11-22-44)56(54)53-40-37-47(41-55(53)57)58(45-33-31-43(32-34-45)42-19-8-3-9-20-42)46-35-38-51(39-36-46)59(48-23-12-5-13-24-48,49-25-14-6-15-26-49)50-27-16-7-17-28-50/h4-7,10-18,21-42H,3,8-9,19-20H2,1-2H3. The van der Waals surface area contributed by atoms with E-state index in [4.69, 9.17) is 0 Å². The topological polar surface area (TPSA) is 3.24 Å². The van der Waals surface area contributed by atoms with E-state index in [0.717, 1.165) is 5.69 Å². The predicted molar refractivity (Wildman–Crippen MR) is 254 cm³/mol. The molecule has 2 aliphatic carbocycles. The quantitative estimate of drug-likeness (QED) is 0.104. The van der Waals surface area contributed by atoms with Crippen molar-refractivity contribution in [1.29, 1.82) is 0 Å².